The third-order valence-electron chi connectivity index (χ3n) is 12.7. The van der Waals surface area contributed by atoms with Crippen LogP contribution in [-0.4, -0.2) is 70.0 Å². The summed E-state index contributed by atoms with van der Waals surface area (Å²) in [5.74, 6) is -0.849. The van der Waals surface area contributed by atoms with Crippen LogP contribution in [0.25, 0.3) is 0 Å². The van der Waals surface area contributed by atoms with Gasteiger partial charge in [-0.3, -0.25) is 14.2 Å². The predicted molar refractivity (Wildman–Crippen MR) is 328 cm³/mol. The molecule has 0 aromatic heterocycles. The van der Waals surface area contributed by atoms with Crippen molar-refractivity contribution in [2.45, 2.75) is 245 Å². The number of hydrogen-bond donors (Lipinski definition) is 0. The Balaban J connectivity index is 4.01. The van der Waals surface area contributed by atoms with E-state index in [9.17, 15) is 19.0 Å². The Morgan fingerprint density at radius 2 is 0.740 bits per heavy atom. The summed E-state index contributed by atoms with van der Waals surface area (Å²) < 4.78 is 34.1. The van der Waals surface area contributed by atoms with E-state index in [4.69, 9.17) is 18.5 Å². The van der Waals surface area contributed by atoms with Crippen molar-refractivity contribution < 1.29 is 42.1 Å². The zero-order valence-corrected chi connectivity index (χ0v) is 50.8. The van der Waals surface area contributed by atoms with Crippen molar-refractivity contribution in [3.05, 3.63) is 122 Å². The molecule has 0 amide bonds. The number of quaternary nitrogens is 1. The smallest absolute Gasteiger partial charge is 0.306 e. The molecule has 0 spiro atoms. The zero-order valence-electron chi connectivity index (χ0n) is 49.9. The van der Waals surface area contributed by atoms with Gasteiger partial charge >= 0.3 is 11.9 Å². The number of esters is 2. The second kappa shape index (κ2) is 57.1. The topological polar surface area (TPSA) is 111 Å². The Morgan fingerprint density at radius 3 is 1.12 bits per heavy atom. The summed E-state index contributed by atoms with van der Waals surface area (Å²) in [6.07, 6.45) is 81.3. The number of likely N-dealkylation sites (N-methyl/N-ethyl adjacent to an activating group) is 1. The summed E-state index contributed by atoms with van der Waals surface area (Å²) in [6, 6.07) is 0. The second-order valence-corrected chi connectivity index (χ2v) is 22.7. The van der Waals surface area contributed by atoms with Crippen LogP contribution in [0.4, 0.5) is 0 Å². The lowest BCUT2D eigenvalue weighted by Gasteiger charge is -2.28. The standard InChI is InChI=1S/C67H114NO8P/c1-6-8-10-12-14-16-18-20-21-22-23-24-25-26-27-28-29-30-31-32-33-34-35-36-37-38-39-40-41-42-43-44-45-46-47-48-50-52-54-56-58-60-67(70)76-65(64-75-77(71,72)74-62-61-68(3,4)5)63-73-66(69)59-57-55-53-51-49-19-17-15-13-11-9-7-2/h8,10,14-17,20-21,23-24,26-27,29-30,32-33,35-36,38-39,65H,6-7,9,11-13,18-19,22,25,28,31,34,37,40-64H2,1-5H3/b10-8-,16-14-,17-15-,21-20-,24-23-,27-26-,30-29-,33-32-,36-35-,39-38-. The van der Waals surface area contributed by atoms with Gasteiger partial charge in [-0.1, -0.05) is 238 Å². The normalized spacial score (nSPS) is 14.1. The van der Waals surface area contributed by atoms with Gasteiger partial charge < -0.3 is 27.9 Å². The van der Waals surface area contributed by atoms with Crippen LogP contribution in [0.2, 0.25) is 0 Å². The summed E-state index contributed by atoms with van der Waals surface area (Å²) >= 11 is 0. The molecule has 2 atom stereocenters. The molecule has 0 aliphatic heterocycles. The van der Waals surface area contributed by atoms with Crippen LogP contribution in [0.3, 0.4) is 0 Å². The van der Waals surface area contributed by atoms with E-state index in [0.29, 0.717) is 23.9 Å². The van der Waals surface area contributed by atoms with Gasteiger partial charge in [0.2, 0.25) is 0 Å². The van der Waals surface area contributed by atoms with Gasteiger partial charge in [0, 0.05) is 12.8 Å². The number of hydrogen-bond acceptors (Lipinski definition) is 8. The molecule has 0 N–H and O–H groups in total. The van der Waals surface area contributed by atoms with Gasteiger partial charge in [0.05, 0.1) is 27.7 Å². The molecule has 77 heavy (non-hydrogen) atoms. The van der Waals surface area contributed by atoms with E-state index in [-0.39, 0.29) is 26.1 Å². The second-order valence-electron chi connectivity index (χ2n) is 21.3. The molecule has 440 valence electrons. The maximum atomic E-state index is 12.8. The first-order valence-electron chi connectivity index (χ1n) is 30.7. The molecule has 2 unspecified atom stereocenters. The van der Waals surface area contributed by atoms with E-state index in [2.05, 4.69) is 135 Å². The zero-order chi connectivity index (χ0) is 56.3. The lowest BCUT2D eigenvalue weighted by Crippen LogP contribution is -2.37. The molecule has 0 aliphatic carbocycles. The van der Waals surface area contributed by atoms with E-state index < -0.39 is 32.5 Å². The Morgan fingerprint density at radius 1 is 0.416 bits per heavy atom. The van der Waals surface area contributed by atoms with Gasteiger partial charge in [0.25, 0.3) is 7.82 Å². The van der Waals surface area contributed by atoms with Gasteiger partial charge in [0.15, 0.2) is 6.10 Å². The van der Waals surface area contributed by atoms with Crippen molar-refractivity contribution in [3.63, 3.8) is 0 Å². The largest absolute Gasteiger partial charge is 0.756 e. The van der Waals surface area contributed by atoms with Crippen molar-refractivity contribution in [1.82, 2.24) is 0 Å². The molecule has 10 heteroatoms. The van der Waals surface area contributed by atoms with Gasteiger partial charge in [-0.05, 0) is 109 Å². The third kappa shape index (κ3) is 61.5. The lowest BCUT2D eigenvalue weighted by molar-refractivity contribution is -0.870. The summed E-state index contributed by atoms with van der Waals surface area (Å²) in [5, 5.41) is 0. The predicted octanol–water partition coefficient (Wildman–Crippen LogP) is 18.9. The molecule has 9 nitrogen and oxygen atoms in total. The summed E-state index contributed by atoms with van der Waals surface area (Å²) in [7, 11) is 1.15. The first-order chi connectivity index (χ1) is 37.5. The fourth-order valence-electron chi connectivity index (χ4n) is 8.00. The van der Waals surface area contributed by atoms with Crippen LogP contribution in [0, 0.1) is 0 Å². The minimum atomic E-state index is -4.64. The van der Waals surface area contributed by atoms with Crippen molar-refractivity contribution in [3.8, 4) is 0 Å². The highest BCUT2D eigenvalue weighted by atomic mass is 31.2. The number of phosphoric acid groups is 1. The minimum Gasteiger partial charge on any atom is -0.756 e. The van der Waals surface area contributed by atoms with E-state index >= 15 is 0 Å². The molecule has 0 heterocycles. The molecule has 0 aliphatic rings. The van der Waals surface area contributed by atoms with Gasteiger partial charge in [-0.25, -0.2) is 0 Å². The molecule has 0 aromatic rings. The Hall–Kier alpha value is -3.59. The van der Waals surface area contributed by atoms with Crippen molar-refractivity contribution >= 4 is 19.8 Å². The van der Waals surface area contributed by atoms with E-state index in [0.717, 1.165) is 116 Å². The van der Waals surface area contributed by atoms with Crippen molar-refractivity contribution in [2.24, 2.45) is 0 Å². The van der Waals surface area contributed by atoms with Crippen LogP contribution >= 0.6 is 7.82 Å². The van der Waals surface area contributed by atoms with Crippen LogP contribution in [0.5, 0.6) is 0 Å². The fraction of sp³-hybridized carbons (Fsp3) is 0.672. The summed E-state index contributed by atoms with van der Waals surface area (Å²) in [6.45, 7) is 4.08. The number of rotatable bonds is 55. The highest BCUT2D eigenvalue weighted by Crippen LogP contribution is 2.38. The molecular formula is C67H114NO8P. The number of nitrogens with zero attached hydrogens (tertiary/aromatic N) is 1. The molecular weight excluding hydrogens is 978 g/mol. The summed E-state index contributed by atoms with van der Waals surface area (Å²) in [5.41, 5.74) is 0. The van der Waals surface area contributed by atoms with Gasteiger partial charge in [-0.15, -0.1) is 0 Å². The van der Waals surface area contributed by atoms with Crippen molar-refractivity contribution in [2.75, 3.05) is 47.5 Å². The number of carbonyl (C=O) groups excluding carboxylic acids is 2. The minimum absolute atomic E-state index is 0.0363. The lowest BCUT2D eigenvalue weighted by atomic mass is 10.0. The molecule has 0 aromatic carbocycles. The Labute approximate surface area is 473 Å². The molecule has 0 fully saturated rings. The van der Waals surface area contributed by atoms with Crippen LogP contribution in [0.1, 0.15) is 239 Å². The first kappa shape index (κ1) is 73.4. The number of ether oxygens (including phenoxy) is 2. The maximum Gasteiger partial charge on any atom is 0.306 e. The molecule has 0 rings (SSSR count). The van der Waals surface area contributed by atoms with Crippen LogP contribution in [-0.2, 0) is 32.7 Å². The monoisotopic (exact) mass is 1090 g/mol. The highest BCUT2D eigenvalue weighted by molar-refractivity contribution is 7.45. The average molecular weight is 1090 g/mol. The fourth-order valence-corrected chi connectivity index (χ4v) is 8.72. The highest BCUT2D eigenvalue weighted by Gasteiger charge is 2.22. The summed E-state index contributed by atoms with van der Waals surface area (Å²) in [4.78, 5) is 37.8. The maximum absolute atomic E-state index is 12.8. The Bertz CT molecular complexity index is 1710. The van der Waals surface area contributed by atoms with E-state index in [1.54, 1.807) is 0 Å². The third-order valence-corrected chi connectivity index (χ3v) is 13.7. The van der Waals surface area contributed by atoms with Crippen molar-refractivity contribution in [1.29, 1.82) is 0 Å². The van der Waals surface area contributed by atoms with Crippen LogP contribution < -0.4 is 4.89 Å². The molecule has 0 saturated carbocycles. The number of phosphoric ester groups is 1. The van der Waals surface area contributed by atoms with E-state index in [1.165, 1.54) is 83.5 Å². The Kier molecular flexibility index (Phi) is 54.4. The van der Waals surface area contributed by atoms with Crippen LogP contribution in [0.15, 0.2) is 122 Å². The van der Waals surface area contributed by atoms with Gasteiger partial charge in [0.1, 0.15) is 19.8 Å². The first-order valence-corrected chi connectivity index (χ1v) is 32.2. The number of carbonyl (C=O) groups is 2. The van der Waals surface area contributed by atoms with Gasteiger partial charge in [-0.2, -0.15) is 0 Å². The average Bonchev–Trinajstić information content (AvgIpc) is 3.39. The molecule has 0 radical (unpaired) electrons. The van der Waals surface area contributed by atoms with E-state index in [1.807, 2.05) is 21.1 Å². The SMILES string of the molecule is CC/C=C\C/C=C\C/C=C\C/C=C\C/C=C\C/C=C\C/C=C\C/C=C\C/C=C\CCCCCCCCCCCCCCCC(=O)OC(COC(=O)CCCCCCC/C=C\CCCCC)COP(=O)([O-])OCC[N+](C)(C)C. The molecule has 0 saturated heterocycles. The molecule has 0 bridgehead atoms. The number of unbranched alkanes of at least 4 members (excludes halogenated alkanes) is 21. The number of allylic oxidation sites excluding steroid dienone is 20. The quantitative estimate of drug-likeness (QED) is 0.0195.